The minimum atomic E-state index is 0.451. The Hall–Kier alpha value is -1.22. The van der Waals surface area contributed by atoms with Crippen LogP contribution < -0.4 is 15.8 Å². The molecule has 0 aliphatic rings. The molecule has 3 N–H and O–H groups in total. The summed E-state index contributed by atoms with van der Waals surface area (Å²) in [7, 11) is 0. The summed E-state index contributed by atoms with van der Waals surface area (Å²) in [6.45, 7) is 9.31. The van der Waals surface area contributed by atoms with E-state index in [2.05, 4.69) is 39.1 Å². The Morgan fingerprint density at radius 2 is 2.00 bits per heavy atom. The molecule has 0 amide bonds. The zero-order valence-corrected chi connectivity index (χ0v) is 12.0. The molecule has 1 aromatic rings. The van der Waals surface area contributed by atoms with Gasteiger partial charge in [-0.15, -0.1) is 0 Å². The summed E-state index contributed by atoms with van der Waals surface area (Å²) in [6.07, 6.45) is 1.98. The average molecular weight is 250 g/mol. The quantitative estimate of drug-likeness (QED) is 0.731. The van der Waals surface area contributed by atoms with E-state index in [1.165, 1.54) is 5.56 Å². The van der Waals surface area contributed by atoms with Crippen LogP contribution >= 0.6 is 0 Å². The van der Waals surface area contributed by atoms with Crippen molar-refractivity contribution in [3.05, 3.63) is 23.8 Å². The molecule has 1 rings (SSSR count). The molecule has 0 spiro atoms. The van der Waals surface area contributed by atoms with Gasteiger partial charge in [0.05, 0.1) is 12.3 Å². The molecule has 3 heteroatoms. The number of nitrogen functional groups attached to an aromatic ring is 1. The fourth-order valence-corrected chi connectivity index (χ4v) is 2.05. The predicted molar refractivity (Wildman–Crippen MR) is 78.1 cm³/mol. The topological polar surface area (TPSA) is 47.3 Å². The van der Waals surface area contributed by atoms with Crippen LogP contribution in [0.25, 0.3) is 0 Å². The molecular formula is C15H26N2O. The van der Waals surface area contributed by atoms with Gasteiger partial charge in [0.25, 0.3) is 0 Å². The number of ether oxygens (including phenoxy) is 1. The van der Waals surface area contributed by atoms with Crippen LogP contribution in [0.1, 0.15) is 39.7 Å². The third-order valence-electron chi connectivity index (χ3n) is 2.70. The number of hydrogen-bond acceptors (Lipinski definition) is 3. The van der Waals surface area contributed by atoms with Crippen LogP contribution in [0, 0.1) is 0 Å². The zero-order valence-electron chi connectivity index (χ0n) is 12.0. The molecule has 0 saturated carbocycles. The van der Waals surface area contributed by atoms with Crippen LogP contribution in [0.2, 0.25) is 0 Å². The maximum Gasteiger partial charge on any atom is 0.142 e. The Balaban J connectivity index is 2.60. The summed E-state index contributed by atoms with van der Waals surface area (Å²) in [5.41, 5.74) is 7.97. The van der Waals surface area contributed by atoms with Gasteiger partial charge >= 0.3 is 0 Å². The van der Waals surface area contributed by atoms with E-state index in [0.717, 1.165) is 30.9 Å². The Kier molecular flexibility index (Phi) is 5.99. The summed E-state index contributed by atoms with van der Waals surface area (Å²) in [5, 5.41) is 3.49. The van der Waals surface area contributed by atoms with Crippen molar-refractivity contribution < 1.29 is 4.74 Å². The van der Waals surface area contributed by atoms with Crippen LogP contribution in [0.15, 0.2) is 18.2 Å². The van der Waals surface area contributed by atoms with E-state index in [9.17, 15) is 0 Å². The van der Waals surface area contributed by atoms with Gasteiger partial charge in [-0.25, -0.2) is 0 Å². The predicted octanol–water partition coefficient (Wildman–Crippen LogP) is 2.99. The highest BCUT2D eigenvalue weighted by atomic mass is 16.5. The van der Waals surface area contributed by atoms with Gasteiger partial charge in [-0.3, -0.25) is 0 Å². The van der Waals surface area contributed by atoms with Crippen LogP contribution in [0.4, 0.5) is 5.69 Å². The minimum absolute atomic E-state index is 0.451. The number of hydrogen-bond donors (Lipinski definition) is 2. The number of nitrogens with two attached hydrogens (primary N) is 1. The second kappa shape index (κ2) is 7.27. The zero-order chi connectivity index (χ0) is 13.5. The molecule has 0 bridgehead atoms. The van der Waals surface area contributed by atoms with Crippen LogP contribution in [-0.2, 0) is 6.42 Å². The maximum absolute atomic E-state index is 5.99. The second-order valence-corrected chi connectivity index (χ2v) is 5.15. The Bertz CT molecular complexity index is 364. The van der Waals surface area contributed by atoms with Gasteiger partial charge in [0.2, 0.25) is 0 Å². The molecule has 1 atom stereocenters. The molecule has 0 saturated heterocycles. The molecule has 0 fully saturated rings. The van der Waals surface area contributed by atoms with Gasteiger partial charge in [0.15, 0.2) is 0 Å². The third kappa shape index (κ3) is 4.96. The van der Waals surface area contributed by atoms with Crippen LogP contribution in [-0.4, -0.2) is 18.7 Å². The lowest BCUT2D eigenvalue weighted by atomic mass is 10.1. The molecule has 1 aromatic carbocycles. The van der Waals surface area contributed by atoms with Crippen molar-refractivity contribution in [2.24, 2.45) is 0 Å². The molecule has 0 aliphatic carbocycles. The Labute approximate surface area is 111 Å². The van der Waals surface area contributed by atoms with E-state index in [1.807, 2.05) is 12.1 Å². The second-order valence-electron chi connectivity index (χ2n) is 5.15. The summed E-state index contributed by atoms with van der Waals surface area (Å²) < 4.78 is 5.57. The number of rotatable bonds is 7. The number of nitrogens with one attached hydrogen (secondary N) is 1. The smallest absolute Gasteiger partial charge is 0.142 e. The highest BCUT2D eigenvalue weighted by Gasteiger charge is 2.07. The van der Waals surface area contributed by atoms with Crippen molar-refractivity contribution >= 4 is 5.69 Å². The Morgan fingerprint density at radius 3 is 2.56 bits per heavy atom. The molecule has 1 unspecified atom stereocenters. The lowest BCUT2D eigenvalue weighted by molar-refractivity contribution is 0.319. The molecule has 0 aliphatic heterocycles. The number of anilines is 1. The fraction of sp³-hybridized carbons (Fsp3) is 0.600. The van der Waals surface area contributed by atoms with Gasteiger partial charge in [-0.2, -0.15) is 0 Å². The lowest BCUT2D eigenvalue weighted by Gasteiger charge is -2.17. The van der Waals surface area contributed by atoms with E-state index in [0.29, 0.717) is 12.1 Å². The van der Waals surface area contributed by atoms with Crippen LogP contribution in [0.3, 0.4) is 0 Å². The van der Waals surface area contributed by atoms with Crippen molar-refractivity contribution in [2.75, 3.05) is 12.3 Å². The Morgan fingerprint density at radius 1 is 1.28 bits per heavy atom. The first-order valence-electron chi connectivity index (χ1n) is 6.80. The highest BCUT2D eigenvalue weighted by Crippen LogP contribution is 2.23. The number of benzene rings is 1. The molecule has 18 heavy (non-hydrogen) atoms. The molecule has 3 nitrogen and oxygen atoms in total. The molecule has 0 heterocycles. The first-order valence-corrected chi connectivity index (χ1v) is 6.80. The summed E-state index contributed by atoms with van der Waals surface area (Å²) in [5.74, 6) is 0.796. The normalized spacial score (nSPS) is 12.7. The van der Waals surface area contributed by atoms with Gasteiger partial charge in [0.1, 0.15) is 5.75 Å². The van der Waals surface area contributed by atoms with Crippen molar-refractivity contribution in [3.63, 3.8) is 0 Å². The first-order chi connectivity index (χ1) is 8.52. The van der Waals surface area contributed by atoms with Crippen molar-refractivity contribution in [2.45, 2.75) is 52.6 Å². The van der Waals surface area contributed by atoms with Gasteiger partial charge in [-0.05, 0) is 37.5 Å². The van der Waals surface area contributed by atoms with E-state index in [1.54, 1.807) is 0 Å². The molecular weight excluding hydrogens is 224 g/mol. The first kappa shape index (κ1) is 14.8. The SMILES string of the molecule is CCCOc1ccc(CC(C)NC(C)C)cc1N. The fourth-order valence-electron chi connectivity index (χ4n) is 2.05. The van der Waals surface area contributed by atoms with E-state index in [-0.39, 0.29) is 0 Å². The highest BCUT2D eigenvalue weighted by molar-refractivity contribution is 5.54. The lowest BCUT2D eigenvalue weighted by Crippen LogP contribution is -2.33. The van der Waals surface area contributed by atoms with Crippen molar-refractivity contribution in [1.82, 2.24) is 5.32 Å². The monoisotopic (exact) mass is 250 g/mol. The molecule has 0 radical (unpaired) electrons. The largest absolute Gasteiger partial charge is 0.491 e. The summed E-state index contributed by atoms with van der Waals surface area (Å²) in [6, 6.07) is 7.04. The molecule has 102 valence electrons. The third-order valence-corrected chi connectivity index (χ3v) is 2.70. The van der Waals surface area contributed by atoms with E-state index < -0.39 is 0 Å². The van der Waals surface area contributed by atoms with Crippen LogP contribution in [0.5, 0.6) is 5.75 Å². The standard InChI is InChI=1S/C15H26N2O/c1-5-8-18-15-7-6-13(10-14(15)16)9-12(4)17-11(2)3/h6-7,10-12,17H,5,8-9,16H2,1-4H3. The minimum Gasteiger partial charge on any atom is -0.491 e. The summed E-state index contributed by atoms with van der Waals surface area (Å²) in [4.78, 5) is 0. The van der Waals surface area contributed by atoms with Crippen molar-refractivity contribution in [3.8, 4) is 5.75 Å². The average Bonchev–Trinajstić information content (AvgIpc) is 2.26. The van der Waals surface area contributed by atoms with Crippen molar-refractivity contribution in [1.29, 1.82) is 0 Å². The van der Waals surface area contributed by atoms with Gasteiger partial charge in [-0.1, -0.05) is 26.8 Å². The van der Waals surface area contributed by atoms with Gasteiger partial charge < -0.3 is 15.8 Å². The van der Waals surface area contributed by atoms with Gasteiger partial charge in [0, 0.05) is 12.1 Å². The summed E-state index contributed by atoms with van der Waals surface area (Å²) >= 11 is 0. The van der Waals surface area contributed by atoms with E-state index >= 15 is 0 Å². The maximum atomic E-state index is 5.99. The molecule has 0 aromatic heterocycles. The van der Waals surface area contributed by atoms with E-state index in [4.69, 9.17) is 10.5 Å².